The van der Waals surface area contributed by atoms with Gasteiger partial charge in [0.25, 0.3) is 0 Å². The molecule has 116 valence electrons. The highest BCUT2D eigenvalue weighted by Crippen LogP contribution is 2.13. The van der Waals surface area contributed by atoms with E-state index >= 15 is 0 Å². The van der Waals surface area contributed by atoms with Crippen LogP contribution < -0.4 is 5.76 Å². The lowest BCUT2D eigenvalue weighted by Crippen LogP contribution is -2.31. The Morgan fingerprint density at radius 2 is 2.13 bits per heavy atom. The molecule has 3 rings (SSSR count). The van der Waals surface area contributed by atoms with Crippen molar-refractivity contribution in [2.75, 3.05) is 6.54 Å². The molecule has 23 heavy (non-hydrogen) atoms. The third-order valence-corrected chi connectivity index (χ3v) is 3.58. The Balaban J connectivity index is 1.86. The monoisotopic (exact) mass is 308 g/mol. The van der Waals surface area contributed by atoms with E-state index in [0.29, 0.717) is 31.8 Å². The fraction of sp³-hybridized carbons (Fsp3) is 0.235. The number of oxazole rings is 1. The van der Waals surface area contributed by atoms with Crippen molar-refractivity contribution in [3.63, 3.8) is 0 Å². The first kappa shape index (κ1) is 15.0. The van der Waals surface area contributed by atoms with E-state index in [4.69, 9.17) is 9.68 Å². The number of hydrogen-bond acceptors (Lipinski definition) is 5. The molecule has 0 fully saturated rings. The summed E-state index contributed by atoms with van der Waals surface area (Å²) in [7, 11) is 0. The summed E-state index contributed by atoms with van der Waals surface area (Å²) in [4.78, 5) is 18.2. The molecule has 2 aromatic heterocycles. The highest BCUT2D eigenvalue weighted by Gasteiger charge is 2.13. The number of hydrogen-bond donors (Lipinski definition) is 0. The van der Waals surface area contributed by atoms with E-state index in [1.807, 2.05) is 35.2 Å². The van der Waals surface area contributed by atoms with Gasteiger partial charge < -0.3 is 4.42 Å². The number of rotatable bonds is 6. The second-order valence-electron chi connectivity index (χ2n) is 5.23. The third-order valence-electron chi connectivity index (χ3n) is 3.58. The minimum atomic E-state index is -0.389. The molecule has 0 aliphatic heterocycles. The maximum atomic E-state index is 12.1. The molecule has 0 N–H and O–H groups in total. The number of aromatic nitrogens is 2. The van der Waals surface area contributed by atoms with Gasteiger partial charge in [-0.1, -0.05) is 18.2 Å². The molecular weight excluding hydrogens is 292 g/mol. The zero-order valence-electron chi connectivity index (χ0n) is 12.6. The molecule has 0 unspecified atom stereocenters. The Hall–Kier alpha value is -2.91. The van der Waals surface area contributed by atoms with Gasteiger partial charge in [-0.05, 0) is 23.8 Å². The van der Waals surface area contributed by atoms with Crippen molar-refractivity contribution in [1.29, 1.82) is 5.26 Å². The number of para-hydroxylation sites is 2. The second-order valence-corrected chi connectivity index (χ2v) is 5.23. The number of benzene rings is 1. The zero-order chi connectivity index (χ0) is 16.1. The summed E-state index contributed by atoms with van der Waals surface area (Å²) in [6.45, 7) is 1.55. The molecule has 0 aliphatic carbocycles. The van der Waals surface area contributed by atoms with E-state index in [1.165, 1.54) is 0 Å². The van der Waals surface area contributed by atoms with Gasteiger partial charge in [-0.15, -0.1) is 0 Å². The fourth-order valence-electron chi connectivity index (χ4n) is 2.51. The molecular formula is C17H16N4O2. The normalized spacial score (nSPS) is 11.0. The van der Waals surface area contributed by atoms with Crippen LogP contribution in [0.3, 0.4) is 0 Å². The van der Waals surface area contributed by atoms with Gasteiger partial charge in [-0.25, -0.2) is 4.79 Å². The molecule has 2 heterocycles. The third kappa shape index (κ3) is 3.47. The van der Waals surface area contributed by atoms with E-state index in [0.717, 1.165) is 11.1 Å². The van der Waals surface area contributed by atoms with Crippen LogP contribution in [0.15, 0.2) is 58.0 Å². The van der Waals surface area contributed by atoms with Crippen LogP contribution in [0.25, 0.3) is 11.1 Å². The second kappa shape index (κ2) is 6.90. The minimum Gasteiger partial charge on any atom is -0.408 e. The highest BCUT2D eigenvalue weighted by molar-refractivity contribution is 5.72. The van der Waals surface area contributed by atoms with Gasteiger partial charge in [0.15, 0.2) is 5.58 Å². The van der Waals surface area contributed by atoms with Gasteiger partial charge in [0.2, 0.25) is 0 Å². The van der Waals surface area contributed by atoms with E-state index in [9.17, 15) is 4.79 Å². The van der Waals surface area contributed by atoms with Gasteiger partial charge in [0.05, 0.1) is 18.3 Å². The maximum Gasteiger partial charge on any atom is 0.421 e. The molecule has 0 atom stereocenters. The molecule has 0 saturated heterocycles. The van der Waals surface area contributed by atoms with Crippen LogP contribution in [-0.2, 0) is 13.2 Å². The number of nitriles is 1. The first-order valence-electron chi connectivity index (χ1n) is 7.34. The largest absolute Gasteiger partial charge is 0.421 e. The number of pyridine rings is 1. The van der Waals surface area contributed by atoms with Crippen molar-refractivity contribution >= 4 is 11.1 Å². The SMILES string of the molecule is N#CCCN(Cc1cccnc1)Cn1c(=O)oc2ccccc21. The molecule has 0 saturated carbocycles. The van der Waals surface area contributed by atoms with Gasteiger partial charge in [0, 0.05) is 31.9 Å². The lowest BCUT2D eigenvalue weighted by Gasteiger charge is -2.21. The minimum absolute atomic E-state index is 0.367. The Morgan fingerprint density at radius 1 is 1.26 bits per heavy atom. The summed E-state index contributed by atoms with van der Waals surface area (Å²) in [5.41, 5.74) is 2.36. The number of nitrogens with zero attached hydrogens (tertiary/aromatic N) is 4. The van der Waals surface area contributed by atoms with E-state index in [-0.39, 0.29) is 5.76 Å². The summed E-state index contributed by atoms with van der Waals surface area (Å²) in [5.74, 6) is -0.389. The first-order valence-corrected chi connectivity index (χ1v) is 7.34. The molecule has 1 aromatic carbocycles. The van der Waals surface area contributed by atoms with Crippen molar-refractivity contribution in [2.24, 2.45) is 0 Å². The Bertz CT molecular complexity index is 877. The van der Waals surface area contributed by atoms with Gasteiger partial charge in [0.1, 0.15) is 0 Å². The summed E-state index contributed by atoms with van der Waals surface area (Å²) < 4.78 is 6.84. The molecule has 6 heteroatoms. The predicted molar refractivity (Wildman–Crippen MR) is 85.4 cm³/mol. The lowest BCUT2D eigenvalue weighted by atomic mass is 10.2. The highest BCUT2D eigenvalue weighted by atomic mass is 16.4. The maximum absolute atomic E-state index is 12.1. The zero-order valence-corrected chi connectivity index (χ0v) is 12.6. The van der Waals surface area contributed by atoms with E-state index < -0.39 is 0 Å². The standard InChI is InChI=1S/C17H16N4O2/c18-8-4-10-20(12-14-5-3-9-19-11-14)13-21-15-6-1-2-7-16(15)23-17(21)22/h1-3,5-7,9,11H,4,10,12-13H2. The average molecular weight is 308 g/mol. The van der Waals surface area contributed by atoms with Crippen molar-refractivity contribution in [2.45, 2.75) is 19.6 Å². The Morgan fingerprint density at radius 3 is 2.91 bits per heavy atom. The lowest BCUT2D eigenvalue weighted by molar-refractivity contribution is 0.209. The van der Waals surface area contributed by atoms with Crippen LogP contribution in [0.5, 0.6) is 0 Å². The molecule has 0 spiro atoms. The van der Waals surface area contributed by atoms with Gasteiger partial charge >= 0.3 is 5.76 Å². The fourth-order valence-corrected chi connectivity index (χ4v) is 2.51. The molecule has 0 aliphatic rings. The summed E-state index contributed by atoms with van der Waals surface area (Å²) in [6, 6.07) is 13.3. The Kier molecular flexibility index (Phi) is 4.50. The topological polar surface area (TPSA) is 75.1 Å². The molecule has 0 radical (unpaired) electrons. The quantitative estimate of drug-likeness (QED) is 0.699. The van der Waals surface area contributed by atoms with Crippen LogP contribution in [0.2, 0.25) is 0 Å². The van der Waals surface area contributed by atoms with Crippen LogP contribution in [0.1, 0.15) is 12.0 Å². The van der Waals surface area contributed by atoms with Gasteiger partial charge in [-0.2, -0.15) is 5.26 Å². The molecule has 6 nitrogen and oxygen atoms in total. The molecule has 0 bridgehead atoms. The van der Waals surface area contributed by atoms with Gasteiger partial charge in [-0.3, -0.25) is 14.5 Å². The van der Waals surface area contributed by atoms with Crippen LogP contribution in [-0.4, -0.2) is 21.0 Å². The van der Waals surface area contributed by atoms with Crippen molar-refractivity contribution in [3.05, 3.63) is 64.9 Å². The van der Waals surface area contributed by atoms with E-state index in [1.54, 1.807) is 23.0 Å². The van der Waals surface area contributed by atoms with E-state index in [2.05, 4.69) is 11.1 Å². The van der Waals surface area contributed by atoms with Crippen molar-refractivity contribution in [1.82, 2.24) is 14.5 Å². The predicted octanol–water partition coefficient (Wildman–Crippen LogP) is 2.36. The summed E-state index contributed by atoms with van der Waals surface area (Å²) in [5, 5.41) is 8.86. The van der Waals surface area contributed by atoms with Crippen LogP contribution in [0.4, 0.5) is 0 Å². The van der Waals surface area contributed by atoms with Crippen LogP contribution in [0, 0.1) is 11.3 Å². The summed E-state index contributed by atoms with van der Waals surface area (Å²) >= 11 is 0. The number of fused-ring (bicyclic) bond motifs is 1. The first-order chi connectivity index (χ1) is 11.3. The smallest absolute Gasteiger partial charge is 0.408 e. The summed E-state index contributed by atoms with van der Waals surface area (Å²) in [6.07, 6.45) is 3.90. The molecule has 3 aromatic rings. The molecule has 0 amide bonds. The average Bonchev–Trinajstić information content (AvgIpc) is 2.89. The van der Waals surface area contributed by atoms with Crippen LogP contribution >= 0.6 is 0 Å². The Labute approximate surface area is 133 Å². The van der Waals surface area contributed by atoms with Crippen molar-refractivity contribution in [3.8, 4) is 6.07 Å². The van der Waals surface area contributed by atoms with Crippen molar-refractivity contribution < 1.29 is 4.42 Å².